The molecule has 3 rings (SSSR count). The molecular weight excluding hydrogens is 452 g/mol. The van der Waals surface area contributed by atoms with Gasteiger partial charge in [0.25, 0.3) is 5.91 Å². The smallest absolute Gasteiger partial charge is 0.326 e. The van der Waals surface area contributed by atoms with Crippen molar-refractivity contribution in [2.45, 2.75) is 43.8 Å². The fourth-order valence-electron chi connectivity index (χ4n) is 3.81. The molecule has 1 heterocycles. The van der Waals surface area contributed by atoms with Crippen LogP contribution >= 0.6 is 0 Å². The Morgan fingerprint density at radius 3 is 2.11 bits per heavy atom. The maximum atomic E-state index is 12.9. The van der Waals surface area contributed by atoms with Crippen LogP contribution in [0, 0.1) is 0 Å². The van der Waals surface area contributed by atoms with Crippen molar-refractivity contribution in [2.75, 3.05) is 6.54 Å². The minimum Gasteiger partial charge on any atom is -0.480 e. The lowest BCUT2D eigenvalue weighted by Crippen LogP contribution is -2.59. The Bertz CT molecular complexity index is 1080. The molecule has 3 atom stereocenters. The van der Waals surface area contributed by atoms with Crippen molar-refractivity contribution in [3.05, 3.63) is 71.8 Å². The van der Waals surface area contributed by atoms with Crippen molar-refractivity contribution < 1.29 is 29.1 Å². The topological polar surface area (TPSA) is 159 Å². The highest BCUT2D eigenvalue weighted by Crippen LogP contribution is 2.14. The number of nitrogens with zero attached hydrogens (tertiary/aromatic N) is 1. The lowest BCUT2D eigenvalue weighted by atomic mass is 10.0. The molecule has 0 unspecified atom stereocenters. The average molecular weight is 481 g/mol. The molecule has 5 N–H and O–H groups in total. The first-order valence-electron chi connectivity index (χ1n) is 11.2. The molecule has 184 valence electrons. The van der Waals surface area contributed by atoms with Gasteiger partial charge in [-0.05, 0) is 24.0 Å². The summed E-state index contributed by atoms with van der Waals surface area (Å²) < 4.78 is 0. The van der Waals surface area contributed by atoms with E-state index in [1.165, 1.54) is 0 Å². The van der Waals surface area contributed by atoms with Gasteiger partial charge in [-0.3, -0.25) is 24.1 Å². The van der Waals surface area contributed by atoms with Gasteiger partial charge in [-0.1, -0.05) is 60.7 Å². The SMILES string of the molecule is N[C@@H](Cc1ccccc1)C(=O)N[C@H]1CCC(=O)N(CC(=O)N[C@@H](Cc2ccccc2)C(=O)O)C1=O. The number of nitrogens with two attached hydrogens (primary N) is 1. The quantitative estimate of drug-likeness (QED) is 0.348. The van der Waals surface area contributed by atoms with E-state index in [1.54, 1.807) is 30.3 Å². The molecule has 2 aromatic rings. The van der Waals surface area contributed by atoms with Gasteiger partial charge in [0.1, 0.15) is 18.6 Å². The second-order valence-electron chi connectivity index (χ2n) is 8.36. The van der Waals surface area contributed by atoms with Crippen molar-refractivity contribution in [3.63, 3.8) is 0 Å². The first-order valence-corrected chi connectivity index (χ1v) is 11.2. The predicted octanol–water partition coefficient (Wildman–Crippen LogP) is 0.00230. The fourth-order valence-corrected chi connectivity index (χ4v) is 3.81. The van der Waals surface area contributed by atoms with Gasteiger partial charge in [0.2, 0.25) is 17.7 Å². The first-order chi connectivity index (χ1) is 16.7. The maximum Gasteiger partial charge on any atom is 0.326 e. The monoisotopic (exact) mass is 480 g/mol. The molecule has 1 aliphatic rings. The second-order valence-corrected chi connectivity index (χ2v) is 8.36. The first kappa shape index (κ1) is 25.6. The number of hydrogen-bond acceptors (Lipinski definition) is 6. The third-order valence-corrected chi connectivity index (χ3v) is 5.68. The van der Waals surface area contributed by atoms with Crippen molar-refractivity contribution >= 4 is 29.6 Å². The molecule has 0 aromatic heterocycles. The number of piperidine rings is 1. The van der Waals surface area contributed by atoms with Crippen LogP contribution < -0.4 is 16.4 Å². The summed E-state index contributed by atoms with van der Waals surface area (Å²) in [6.45, 7) is -0.640. The Morgan fingerprint density at radius 2 is 1.54 bits per heavy atom. The van der Waals surface area contributed by atoms with Gasteiger partial charge in [-0.15, -0.1) is 0 Å². The Hall–Kier alpha value is -4.05. The van der Waals surface area contributed by atoms with E-state index >= 15 is 0 Å². The number of hydrogen-bond donors (Lipinski definition) is 4. The number of likely N-dealkylation sites (tertiary alicyclic amines) is 1. The number of aliphatic carboxylic acids is 1. The van der Waals surface area contributed by atoms with Crippen molar-refractivity contribution in [1.29, 1.82) is 0 Å². The van der Waals surface area contributed by atoms with E-state index in [2.05, 4.69) is 10.6 Å². The number of carbonyl (C=O) groups is 5. The molecule has 0 aliphatic carbocycles. The van der Waals surface area contributed by atoms with Crippen molar-refractivity contribution in [2.24, 2.45) is 5.73 Å². The van der Waals surface area contributed by atoms with Crippen LogP contribution in [0.15, 0.2) is 60.7 Å². The molecular formula is C25H28N4O6. The molecule has 10 nitrogen and oxygen atoms in total. The van der Waals surface area contributed by atoms with Crippen LogP contribution in [-0.2, 0) is 36.8 Å². The van der Waals surface area contributed by atoms with E-state index in [0.29, 0.717) is 5.56 Å². The van der Waals surface area contributed by atoms with Crippen LogP contribution in [0.2, 0.25) is 0 Å². The summed E-state index contributed by atoms with van der Waals surface area (Å²) in [5, 5.41) is 14.4. The molecule has 2 aromatic carbocycles. The molecule has 4 amide bonds. The summed E-state index contributed by atoms with van der Waals surface area (Å²) in [5.74, 6) is -3.87. The minimum atomic E-state index is -1.24. The highest BCUT2D eigenvalue weighted by atomic mass is 16.4. The van der Waals surface area contributed by atoms with Crippen LogP contribution in [0.5, 0.6) is 0 Å². The molecule has 1 saturated heterocycles. The molecule has 1 fully saturated rings. The largest absolute Gasteiger partial charge is 0.480 e. The van der Waals surface area contributed by atoms with Gasteiger partial charge < -0.3 is 21.5 Å². The number of nitrogens with one attached hydrogen (secondary N) is 2. The molecule has 1 aliphatic heterocycles. The van der Waals surface area contributed by atoms with Gasteiger partial charge in [0.15, 0.2) is 0 Å². The summed E-state index contributed by atoms with van der Waals surface area (Å²) >= 11 is 0. The van der Waals surface area contributed by atoms with E-state index in [-0.39, 0.29) is 25.7 Å². The highest BCUT2D eigenvalue weighted by molar-refractivity contribution is 6.04. The van der Waals surface area contributed by atoms with E-state index < -0.39 is 54.3 Å². The van der Waals surface area contributed by atoms with Crippen LogP contribution in [0.3, 0.4) is 0 Å². The average Bonchev–Trinajstić information content (AvgIpc) is 2.84. The molecule has 0 saturated carbocycles. The highest BCUT2D eigenvalue weighted by Gasteiger charge is 2.37. The van der Waals surface area contributed by atoms with Gasteiger partial charge in [-0.25, -0.2) is 4.79 Å². The Labute approximate surface area is 202 Å². The number of carboxylic acids is 1. The Kier molecular flexibility index (Phi) is 8.69. The number of imide groups is 1. The third kappa shape index (κ3) is 7.21. The van der Waals surface area contributed by atoms with Crippen LogP contribution in [-0.4, -0.2) is 64.3 Å². The van der Waals surface area contributed by atoms with E-state index in [9.17, 15) is 29.1 Å². The van der Waals surface area contributed by atoms with E-state index in [0.717, 1.165) is 10.5 Å². The number of rotatable bonds is 10. The van der Waals surface area contributed by atoms with Crippen LogP contribution in [0.1, 0.15) is 24.0 Å². The van der Waals surface area contributed by atoms with Gasteiger partial charge in [-0.2, -0.15) is 0 Å². The zero-order chi connectivity index (χ0) is 25.4. The standard InChI is InChI=1S/C25H28N4O6/c26-18(13-16-7-3-1-4-8-16)23(32)28-19-11-12-22(31)29(24(19)33)15-21(30)27-20(25(34)35)14-17-9-5-2-6-10-17/h1-10,18-20H,11-15,26H2,(H,27,30)(H,28,32)(H,34,35)/t18-,19-,20-/m0/s1. The van der Waals surface area contributed by atoms with E-state index in [4.69, 9.17) is 5.73 Å². The van der Waals surface area contributed by atoms with Crippen LogP contribution in [0.25, 0.3) is 0 Å². The minimum absolute atomic E-state index is 0.0434. The summed E-state index contributed by atoms with van der Waals surface area (Å²) in [6.07, 6.45) is 0.355. The number of amides is 4. The normalized spacial score (nSPS) is 17.4. The second kappa shape index (κ2) is 11.9. The number of benzene rings is 2. The zero-order valence-corrected chi connectivity index (χ0v) is 19.1. The van der Waals surface area contributed by atoms with Gasteiger partial charge >= 0.3 is 5.97 Å². The molecule has 0 spiro atoms. The number of carboxylic acid groups (broad SMARTS) is 1. The van der Waals surface area contributed by atoms with Crippen molar-refractivity contribution in [1.82, 2.24) is 15.5 Å². The predicted molar refractivity (Wildman–Crippen MR) is 126 cm³/mol. The Morgan fingerprint density at radius 1 is 0.971 bits per heavy atom. The maximum absolute atomic E-state index is 12.9. The lowest BCUT2D eigenvalue weighted by Gasteiger charge is -2.31. The van der Waals surface area contributed by atoms with E-state index in [1.807, 2.05) is 30.3 Å². The third-order valence-electron chi connectivity index (χ3n) is 5.68. The molecule has 0 bridgehead atoms. The summed E-state index contributed by atoms with van der Waals surface area (Å²) in [4.78, 5) is 62.6. The molecule has 35 heavy (non-hydrogen) atoms. The zero-order valence-electron chi connectivity index (χ0n) is 19.1. The Balaban J connectivity index is 1.58. The van der Waals surface area contributed by atoms with Crippen molar-refractivity contribution in [3.8, 4) is 0 Å². The van der Waals surface area contributed by atoms with Gasteiger partial charge in [0, 0.05) is 12.8 Å². The fraction of sp³-hybridized carbons (Fsp3) is 0.320. The van der Waals surface area contributed by atoms with Gasteiger partial charge in [0.05, 0.1) is 6.04 Å². The van der Waals surface area contributed by atoms with Crippen LogP contribution in [0.4, 0.5) is 0 Å². The number of carbonyl (C=O) groups excluding carboxylic acids is 4. The summed E-state index contributed by atoms with van der Waals surface area (Å²) in [5.41, 5.74) is 7.55. The molecule has 0 radical (unpaired) electrons. The molecule has 10 heteroatoms. The summed E-state index contributed by atoms with van der Waals surface area (Å²) in [6, 6.07) is 14.8. The lowest BCUT2D eigenvalue weighted by molar-refractivity contribution is -0.153. The summed E-state index contributed by atoms with van der Waals surface area (Å²) in [7, 11) is 0.